The summed E-state index contributed by atoms with van der Waals surface area (Å²) in [4.78, 5) is 29.3. The lowest BCUT2D eigenvalue weighted by atomic mass is 9.99. The number of nitrogens with zero attached hydrogens (tertiary/aromatic N) is 3. The Morgan fingerprint density at radius 1 is 1.56 bits per heavy atom. The van der Waals surface area contributed by atoms with Gasteiger partial charge >= 0.3 is 6.03 Å². The van der Waals surface area contributed by atoms with Crippen LogP contribution in [0.1, 0.15) is 18.1 Å². The Balaban J connectivity index is 1.80. The number of aryl methyl sites for hydroxylation is 1. The smallest absolute Gasteiger partial charge is 0.325 e. The molecular weight excluding hydrogens is 256 g/mol. The van der Waals surface area contributed by atoms with Gasteiger partial charge in [0.15, 0.2) is 5.82 Å². The molecular formula is C10H12N4O3S. The molecule has 2 aliphatic heterocycles. The van der Waals surface area contributed by atoms with E-state index in [4.69, 9.17) is 4.52 Å². The lowest BCUT2D eigenvalue weighted by Crippen LogP contribution is -2.46. The summed E-state index contributed by atoms with van der Waals surface area (Å²) in [7, 11) is 0. The van der Waals surface area contributed by atoms with Crippen molar-refractivity contribution in [1.82, 2.24) is 20.4 Å². The fraction of sp³-hybridized carbons (Fsp3) is 0.600. The Morgan fingerprint density at radius 2 is 2.39 bits per heavy atom. The molecule has 1 aromatic rings. The highest BCUT2D eigenvalue weighted by molar-refractivity contribution is 7.99. The molecule has 1 aromatic heterocycles. The van der Waals surface area contributed by atoms with Crippen LogP contribution in [0.25, 0.3) is 0 Å². The zero-order valence-corrected chi connectivity index (χ0v) is 10.6. The van der Waals surface area contributed by atoms with E-state index in [1.165, 1.54) is 0 Å². The fourth-order valence-corrected chi connectivity index (χ4v) is 3.52. The van der Waals surface area contributed by atoms with E-state index in [-0.39, 0.29) is 24.4 Å². The zero-order valence-electron chi connectivity index (χ0n) is 9.80. The fourth-order valence-electron chi connectivity index (χ4n) is 2.19. The Labute approximate surface area is 107 Å². The maximum absolute atomic E-state index is 12.3. The number of hydrogen-bond donors (Lipinski definition) is 1. The lowest BCUT2D eigenvalue weighted by Gasteiger charge is -2.18. The van der Waals surface area contributed by atoms with Crippen LogP contribution < -0.4 is 5.32 Å². The van der Waals surface area contributed by atoms with E-state index in [9.17, 15) is 9.59 Å². The molecule has 18 heavy (non-hydrogen) atoms. The molecule has 3 amide bonds. The number of amides is 3. The van der Waals surface area contributed by atoms with Crippen LogP contribution in [0.15, 0.2) is 4.52 Å². The van der Waals surface area contributed by atoms with Gasteiger partial charge in [-0.25, -0.2) is 4.79 Å². The number of carbonyl (C=O) groups is 2. The molecule has 0 unspecified atom stereocenters. The normalized spacial score (nSPS) is 27.3. The van der Waals surface area contributed by atoms with Gasteiger partial charge in [-0.2, -0.15) is 16.7 Å². The lowest BCUT2D eigenvalue weighted by molar-refractivity contribution is -0.131. The third-order valence-corrected chi connectivity index (χ3v) is 4.32. The van der Waals surface area contributed by atoms with Gasteiger partial charge in [-0.15, -0.1) is 0 Å². The SMILES string of the molecule is Cc1noc(CN2C(=O)N[C@@]3(CCSC3)C2=O)n1. The van der Waals surface area contributed by atoms with Gasteiger partial charge in [-0.1, -0.05) is 5.16 Å². The number of thioether (sulfide) groups is 1. The van der Waals surface area contributed by atoms with Crippen LogP contribution in [-0.4, -0.2) is 44.0 Å². The second-order valence-corrected chi connectivity index (χ2v) is 5.55. The van der Waals surface area contributed by atoms with E-state index in [1.54, 1.807) is 18.7 Å². The van der Waals surface area contributed by atoms with E-state index in [0.717, 1.165) is 10.7 Å². The first-order chi connectivity index (χ1) is 8.61. The number of carbonyl (C=O) groups excluding carboxylic acids is 2. The molecule has 7 nitrogen and oxygen atoms in total. The van der Waals surface area contributed by atoms with Gasteiger partial charge in [-0.3, -0.25) is 9.69 Å². The second-order valence-electron chi connectivity index (χ2n) is 4.44. The van der Waals surface area contributed by atoms with Crippen molar-refractivity contribution in [3.05, 3.63) is 11.7 Å². The quantitative estimate of drug-likeness (QED) is 0.776. The maximum atomic E-state index is 12.3. The average molecular weight is 268 g/mol. The molecule has 0 saturated carbocycles. The number of urea groups is 1. The van der Waals surface area contributed by atoms with Crippen LogP contribution in [0.4, 0.5) is 4.79 Å². The van der Waals surface area contributed by atoms with Crippen LogP contribution in [0.2, 0.25) is 0 Å². The summed E-state index contributed by atoms with van der Waals surface area (Å²) in [5.74, 6) is 2.10. The second kappa shape index (κ2) is 3.98. The summed E-state index contributed by atoms with van der Waals surface area (Å²) in [6, 6.07) is -0.377. The van der Waals surface area contributed by atoms with Gasteiger partial charge in [-0.05, 0) is 19.1 Å². The van der Waals surface area contributed by atoms with Crippen molar-refractivity contribution in [2.75, 3.05) is 11.5 Å². The first-order valence-electron chi connectivity index (χ1n) is 5.62. The van der Waals surface area contributed by atoms with Crippen molar-refractivity contribution in [1.29, 1.82) is 0 Å². The van der Waals surface area contributed by atoms with Crippen LogP contribution in [0, 0.1) is 6.92 Å². The van der Waals surface area contributed by atoms with Gasteiger partial charge in [0.05, 0.1) is 0 Å². The third-order valence-electron chi connectivity index (χ3n) is 3.13. The Hall–Kier alpha value is -1.57. The predicted molar refractivity (Wildman–Crippen MR) is 62.8 cm³/mol. The highest BCUT2D eigenvalue weighted by atomic mass is 32.2. The van der Waals surface area contributed by atoms with Crippen molar-refractivity contribution >= 4 is 23.7 Å². The zero-order chi connectivity index (χ0) is 12.8. The third kappa shape index (κ3) is 1.67. The van der Waals surface area contributed by atoms with E-state index in [1.807, 2.05) is 0 Å². The van der Waals surface area contributed by atoms with Crippen molar-refractivity contribution in [3.63, 3.8) is 0 Å². The topological polar surface area (TPSA) is 88.3 Å². The van der Waals surface area contributed by atoms with Crippen LogP contribution in [0.5, 0.6) is 0 Å². The Kier molecular flexibility index (Phi) is 2.54. The van der Waals surface area contributed by atoms with Crippen molar-refractivity contribution in [2.24, 2.45) is 0 Å². The number of imide groups is 1. The average Bonchev–Trinajstić information content (AvgIpc) is 2.99. The van der Waals surface area contributed by atoms with E-state index >= 15 is 0 Å². The molecule has 0 aromatic carbocycles. The van der Waals surface area contributed by atoms with Gasteiger partial charge in [0.2, 0.25) is 5.89 Å². The molecule has 1 atom stereocenters. The number of nitrogens with one attached hydrogen (secondary N) is 1. The summed E-state index contributed by atoms with van der Waals surface area (Å²) < 4.78 is 4.93. The summed E-state index contributed by atoms with van der Waals surface area (Å²) in [6.45, 7) is 1.73. The van der Waals surface area contributed by atoms with Gasteiger partial charge < -0.3 is 9.84 Å². The van der Waals surface area contributed by atoms with E-state index in [0.29, 0.717) is 18.0 Å². The maximum Gasteiger partial charge on any atom is 0.325 e. The van der Waals surface area contributed by atoms with E-state index < -0.39 is 5.54 Å². The molecule has 1 N–H and O–H groups in total. The van der Waals surface area contributed by atoms with Gasteiger partial charge in [0.1, 0.15) is 12.1 Å². The van der Waals surface area contributed by atoms with Crippen molar-refractivity contribution in [2.45, 2.75) is 25.4 Å². The summed E-state index contributed by atoms with van der Waals surface area (Å²) in [5, 5.41) is 6.42. The number of aromatic nitrogens is 2. The molecule has 0 aliphatic carbocycles. The summed E-state index contributed by atoms with van der Waals surface area (Å²) >= 11 is 1.67. The molecule has 2 fully saturated rings. The summed E-state index contributed by atoms with van der Waals surface area (Å²) in [6.07, 6.45) is 0.682. The van der Waals surface area contributed by atoms with Gasteiger partial charge in [0.25, 0.3) is 5.91 Å². The van der Waals surface area contributed by atoms with Crippen LogP contribution in [0.3, 0.4) is 0 Å². The minimum Gasteiger partial charge on any atom is -0.337 e. The molecule has 1 spiro atoms. The first kappa shape index (κ1) is 11.5. The first-order valence-corrected chi connectivity index (χ1v) is 6.77. The molecule has 8 heteroatoms. The molecule has 96 valence electrons. The molecule has 3 heterocycles. The van der Waals surface area contributed by atoms with Gasteiger partial charge in [0, 0.05) is 5.75 Å². The van der Waals surface area contributed by atoms with Crippen molar-refractivity contribution in [3.8, 4) is 0 Å². The molecule has 2 aliphatic rings. The highest BCUT2D eigenvalue weighted by Gasteiger charge is 2.53. The minimum atomic E-state index is -0.711. The van der Waals surface area contributed by atoms with Crippen LogP contribution >= 0.6 is 11.8 Å². The number of hydrogen-bond acceptors (Lipinski definition) is 6. The highest BCUT2D eigenvalue weighted by Crippen LogP contribution is 2.33. The summed E-state index contributed by atoms with van der Waals surface area (Å²) in [5.41, 5.74) is -0.711. The number of rotatable bonds is 2. The monoisotopic (exact) mass is 268 g/mol. The van der Waals surface area contributed by atoms with Crippen molar-refractivity contribution < 1.29 is 14.1 Å². The molecule has 3 rings (SSSR count). The molecule has 0 bridgehead atoms. The van der Waals surface area contributed by atoms with Crippen LogP contribution in [-0.2, 0) is 11.3 Å². The standard InChI is InChI=1S/C10H12N4O3S/c1-6-11-7(17-13-6)4-14-8(15)10(12-9(14)16)2-3-18-5-10/h2-5H2,1H3,(H,12,16)/t10-/m1/s1. The Bertz CT molecular complexity index is 509. The largest absolute Gasteiger partial charge is 0.337 e. The molecule has 0 radical (unpaired) electrons. The Morgan fingerprint density at radius 3 is 3.00 bits per heavy atom. The minimum absolute atomic E-state index is 0.0396. The predicted octanol–water partition coefficient (Wildman–Crippen LogP) is 0.306. The molecule has 2 saturated heterocycles. The van der Waals surface area contributed by atoms with E-state index in [2.05, 4.69) is 15.5 Å².